The topological polar surface area (TPSA) is 55.6 Å². The number of thiophene rings is 1. The number of tetrazole rings is 1. The van der Waals surface area contributed by atoms with Gasteiger partial charge in [-0.2, -0.15) is 4.80 Å². The van der Waals surface area contributed by atoms with Gasteiger partial charge < -0.3 is 5.32 Å². The third-order valence-electron chi connectivity index (χ3n) is 3.44. The molecule has 2 aromatic rings. The Bertz CT molecular complexity index is 501. The van der Waals surface area contributed by atoms with Gasteiger partial charge in [-0.05, 0) is 59.2 Å². The zero-order valence-electron chi connectivity index (χ0n) is 10.1. The smallest absolute Gasteiger partial charge is 0.186 e. The first-order valence-electron chi connectivity index (χ1n) is 5.92. The van der Waals surface area contributed by atoms with Crippen LogP contribution in [0, 0.1) is 0 Å². The predicted octanol–water partition coefficient (Wildman–Crippen LogP) is 1.70. The van der Waals surface area contributed by atoms with Crippen molar-refractivity contribution in [1.29, 1.82) is 0 Å². The minimum atomic E-state index is -0.0732. The Morgan fingerprint density at radius 3 is 2.72 bits per heavy atom. The fourth-order valence-corrected chi connectivity index (χ4v) is 4.11. The van der Waals surface area contributed by atoms with E-state index in [0.29, 0.717) is 0 Å². The molecule has 7 heteroatoms. The van der Waals surface area contributed by atoms with E-state index in [1.807, 2.05) is 7.05 Å². The van der Waals surface area contributed by atoms with Gasteiger partial charge >= 0.3 is 0 Å². The second kappa shape index (κ2) is 4.71. The molecular formula is C11H14BrN5S. The average Bonchev–Trinajstić information content (AvgIpc) is 2.99. The number of hydrogen-bond donors (Lipinski definition) is 1. The minimum Gasteiger partial charge on any atom is -0.317 e. The van der Waals surface area contributed by atoms with Crippen molar-refractivity contribution in [3.63, 3.8) is 0 Å². The summed E-state index contributed by atoms with van der Waals surface area (Å²) in [6, 6.07) is 4.27. The van der Waals surface area contributed by atoms with E-state index in [2.05, 4.69) is 48.8 Å². The van der Waals surface area contributed by atoms with E-state index < -0.39 is 0 Å². The molecule has 0 bridgehead atoms. The lowest BCUT2D eigenvalue weighted by Gasteiger charge is -2.33. The summed E-state index contributed by atoms with van der Waals surface area (Å²) in [7, 11) is 1.82. The second-order valence-electron chi connectivity index (χ2n) is 4.54. The van der Waals surface area contributed by atoms with Gasteiger partial charge in [-0.1, -0.05) is 0 Å². The Hall–Kier alpha value is -0.790. The number of hydrogen-bond acceptors (Lipinski definition) is 5. The molecule has 2 aromatic heterocycles. The van der Waals surface area contributed by atoms with Crippen molar-refractivity contribution in [3.05, 3.63) is 26.6 Å². The molecular weight excluding hydrogens is 314 g/mol. The molecule has 0 aromatic carbocycles. The number of nitrogens with zero attached hydrogens (tertiary/aromatic N) is 4. The number of rotatable bonds is 2. The Morgan fingerprint density at radius 1 is 1.39 bits per heavy atom. The first kappa shape index (κ1) is 12.3. The lowest BCUT2D eigenvalue weighted by Crippen LogP contribution is -2.41. The van der Waals surface area contributed by atoms with Gasteiger partial charge in [0.2, 0.25) is 0 Å². The van der Waals surface area contributed by atoms with Gasteiger partial charge in [-0.25, -0.2) is 0 Å². The summed E-state index contributed by atoms with van der Waals surface area (Å²) >= 11 is 5.31. The highest BCUT2D eigenvalue weighted by Gasteiger charge is 2.40. The predicted molar refractivity (Wildman–Crippen MR) is 73.7 cm³/mol. The van der Waals surface area contributed by atoms with Crippen molar-refractivity contribution in [1.82, 2.24) is 25.5 Å². The first-order chi connectivity index (χ1) is 8.71. The standard InChI is InChI=1S/C11H14BrN5S/c1-17-15-10(14-16-17)11(4-6-13-7-5-11)8-2-3-9(12)18-8/h2-3,13H,4-7H2,1H3. The Labute approximate surface area is 118 Å². The number of piperidine rings is 1. The highest BCUT2D eigenvalue weighted by atomic mass is 79.9. The van der Waals surface area contributed by atoms with Crippen LogP contribution >= 0.6 is 27.3 Å². The minimum absolute atomic E-state index is 0.0732. The molecule has 96 valence electrons. The van der Waals surface area contributed by atoms with Gasteiger partial charge in [0.25, 0.3) is 0 Å². The van der Waals surface area contributed by atoms with Crippen LogP contribution in [0.2, 0.25) is 0 Å². The van der Waals surface area contributed by atoms with Crippen molar-refractivity contribution < 1.29 is 0 Å². The summed E-state index contributed by atoms with van der Waals surface area (Å²) in [5, 5.41) is 16.1. The van der Waals surface area contributed by atoms with Crippen LogP contribution in [0.4, 0.5) is 0 Å². The van der Waals surface area contributed by atoms with Gasteiger partial charge in [0.05, 0.1) is 16.2 Å². The lowest BCUT2D eigenvalue weighted by atomic mass is 9.77. The van der Waals surface area contributed by atoms with E-state index >= 15 is 0 Å². The SMILES string of the molecule is Cn1nnc(C2(c3ccc(Br)s3)CCNCC2)n1. The monoisotopic (exact) mass is 327 g/mol. The van der Waals surface area contributed by atoms with Crippen LogP contribution in [-0.4, -0.2) is 33.3 Å². The molecule has 0 atom stereocenters. The van der Waals surface area contributed by atoms with Crippen molar-refractivity contribution in [2.45, 2.75) is 18.3 Å². The zero-order chi connectivity index (χ0) is 12.6. The van der Waals surface area contributed by atoms with Crippen molar-refractivity contribution in [3.8, 4) is 0 Å². The highest BCUT2D eigenvalue weighted by Crippen LogP contribution is 2.42. The maximum Gasteiger partial charge on any atom is 0.186 e. The second-order valence-corrected chi connectivity index (χ2v) is 7.00. The number of aromatic nitrogens is 4. The van der Waals surface area contributed by atoms with E-state index in [4.69, 9.17) is 0 Å². The van der Waals surface area contributed by atoms with E-state index in [1.54, 1.807) is 16.1 Å². The van der Waals surface area contributed by atoms with Crippen molar-refractivity contribution >= 4 is 27.3 Å². The molecule has 0 spiro atoms. The van der Waals surface area contributed by atoms with Gasteiger partial charge in [-0.3, -0.25) is 0 Å². The lowest BCUT2D eigenvalue weighted by molar-refractivity contribution is 0.350. The van der Waals surface area contributed by atoms with Crippen LogP contribution in [0.5, 0.6) is 0 Å². The molecule has 1 aliphatic heterocycles. The summed E-state index contributed by atoms with van der Waals surface area (Å²) in [5.74, 6) is 0.848. The third kappa shape index (κ3) is 2.00. The molecule has 1 aliphatic rings. The van der Waals surface area contributed by atoms with Crippen LogP contribution in [0.25, 0.3) is 0 Å². The molecule has 1 saturated heterocycles. The summed E-state index contributed by atoms with van der Waals surface area (Å²) in [4.78, 5) is 2.87. The van der Waals surface area contributed by atoms with E-state index in [9.17, 15) is 0 Å². The van der Waals surface area contributed by atoms with Crippen LogP contribution in [0.1, 0.15) is 23.5 Å². The molecule has 3 rings (SSSR count). The number of nitrogens with one attached hydrogen (secondary N) is 1. The van der Waals surface area contributed by atoms with Gasteiger partial charge in [-0.15, -0.1) is 21.5 Å². The number of halogens is 1. The largest absolute Gasteiger partial charge is 0.317 e. The molecule has 5 nitrogen and oxygen atoms in total. The molecule has 1 fully saturated rings. The van der Waals surface area contributed by atoms with Gasteiger partial charge in [0.1, 0.15) is 0 Å². The maximum atomic E-state index is 4.45. The Balaban J connectivity index is 2.08. The summed E-state index contributed by atoms with van der Waals surface area (Å²) in [6.07, 6.45) is 2.04. The summed E-state index contributed by atoms with van der Waals surface area (Å²) in [6.45, 7) is 1.99. The number of aryl methyl sites for hydroxylation is 1. The molecule has 0 saturated carbocycles. The van der Waals surface area contributed by atoms with Gasteiger partial charge in [0.15, 0.2) is 5.82 Å². The molecule has 0 aliphatic carbocycles. The van der Waals surface area contributed by atoms with Crippen molar-refractivity contribution in [2.24, 2.45) is 7.05 Å². The van der Waals surface area contributed by atoms with Crippen LogP contribution in [0.3, 0.4) is 0 Å². The van der Waals surface area contributed by atoms with E-state index in [0.717, 1.165) is 35.5 Å². The van der Waals surface area contributed by atoms with E-state index in [1.165, 1.54) is 4.88 Å². The molecule has 3 heterocycles. The zero-order valence-corrected chi connectivity index (χ0v) is 12.5. The van der Waals surface area contributed by atoms with Gasteiger partial charge in [0, 0.05) is 4.88 Å². The van der Waals surface area contributed by atoms with E-state index in [-0.39, 0.29) is 5.41 Å². The third-order valence-corrected chi connectivity index (χ3v) is 5.27. The molecule has 0 amide bonds. The molecule has 1 N–H and O–H groups in total. The summed E-state index contributed by atoms with van der Waals surface area (Å²) in [5.41, 5.74) is -0.0732. The van der Waals surface area contributed by atoms with Crippen LogP contribution < -0.4 is 5.32 Å². The fourth-order valence-electron chi connectivity index (χ4n) is 2.48. The first-order valence-corrected chi connectivity index (χ1v) is 7.53. The maximum absolute atomic E-state index is 4.45. The average molecular weight is 328 g/mol. The Morgan fingerprint density at radius 2 is 2.17 bits per heavy atom. The fraction of sp³-hybridized carbons (Fsp3) is 0.545. The summed E-state index contributed by atoms with van der Waals surface area (Å²) < 4.78 is 1.15. The molecule has 0 unspecified atom stereocenters. The van der Waals surface area contributed by atoms with Crippen LogP contribution in [-0.2, 0) is 12.5 Å². The quantitative estimate of drug-likeness (QED) is 0.912. The molecule has 18 heavy (non-hydrogen) atoms. The van der Waals surface area contributed by atoms with Crippen LogP contribution in [0.15, 0.2) is 15.9 Å². The van der Waals surface area contributed by atoms with Crippen molar-refractivity contribution in [2.75, 3.05) is 13.1 Å². The Kier molecular flexibility index (Phi) is 3.21. The normalized spacial score (nSPS) is 19.0. The highest BCUT2D eigenvalue weighted by molar-refractivity contribution is 9.11. The molecule has 0 radical (unpaired) electrons.